The lowest BCUT2D eigenvalue weighted by molar-refractivity contribution is 0.102. The third kappa shape index (κ3) is 4.72. The van der Waals surface area contributed by atoms with Crippen molar-refractivity contribution in [2.24, 2.45) is 0 Å². The summed E-state index contributed by atoms with van der Waals surface area (Å²) in [6, 6.07) is 12.7. The van der Waals surface area contributed by atoms with Crippen molar-refractivity contribution in [2.45, 2.75) is 39.8 Å². The molecule has 0 saturated carbocycles. The van der Waals surface area contributed by atoms with Crippen molar-refractivity contribution in [2.75, 3.05) is 17.6 Å². The van der Waals surface area contributed by atoms with Gasteiger partial charge in [0.05, 0.1) is 11.9 Å². The van der Waals surface area contributed by atoms with Crippen molar-refractivity contribution >= 4 is 21.6 Å². The fourth-order valence-corrected chi connectivity index (χ4v) is 4.26. The van der Waals surface area contributed by atoms with Crippen LogP contribution in [0.2, 0.25) is 0 Å². The summed E-state index contributed by atoms with van der Waals surface area (Å²) in [6.45, 7) is 6.39. The molecule has 1 amide bonds. The van der Waals surface area contributed by atoms with Crippen molar-refractivity contribution in [1.29, 1.82) is 0 Å². The Kier molecular flexibility index (Phi) is 6.05. The molecule has 0 saturated heterocycles. The van der Waals surface area contributed by atoms with E-state index in [9.17, 15) is 13.2 Å². The molecule has 6 nitrogen and oxygen atoms in total. The van der Waals surface area contributed by atoms with E-state index in [-0.39, 0.29) is 17.8 Å². The molecule has 0 unspecified atom stereocenters. The number of fused-ring (bicyclic) bond motifs is 1. The van der Waals surface area contributed by atoms with Gasteiger partial charge in [-0.3, -0.25) is 4.79 Å². The number of nitrogens with zero attached hydrogens (tertiary/aromatic N) is 1. The fourth-order valence-electron chi connectivity index (χ4n) is 3.19. The molecule has 0 aliphatic carbocycles. The van der Waals surface area contributed by atoms with Gasteiger partial charge in [0.25, 0.3) is 5.91 Å². The summed E-state index contributed by atoms with van der Waals surface area (Å²) in [5.41, 5.74) is 3.24. The number of nitrogens with one attached hydrogen (secondary N) is 1. The molecule has 7 heteroatoms. The Morgan fingerprint density at radius 2 is 1.86 bits per heavy atom. The van der Waals surface area contributed by atoms with Gasteiger partial charge in [0.2, 0.25) is 10.0 Å². The molecule has 0 atom stereocenters. The Hall–Kier alpha value is -2.38. The number of hydrogen-bond acceptors (Lipinski definition) is 4. The standard InChI is InChI=1S/C21H26N2O4S/c1-4-28(25,26)23-12-11-16-5-8-19(13-18(16)14-23)22-21(24)17-6-9-20(10-7-17)27-15(2)3/h5-10,13,15H,4,11-12,14H2,1-3H3,(H,22,24). The van der Waals surface area contributed by atoms with Crippen LogP contribution in [0.4, 0.5) is 5.69 Å². The number of carbonyl (C=O) groups is 1. The maximum absolute atomic E-state index is 12.5. The van der Waals surface area contributed by atoms with Gasteiger partial charge in [0.1, 0.15) is 5.75 Å². The van der Waals surface area contributed by atoms with Crippen LogP contribution in [0.5, 0.6) is 5.75 Å². The highest BCUT2D eigenvalue weighted by atomic mass is 32.2. The summed E-state index contributed by atoms with van der Waals surface area (Å²) >= 11 is 0. The van der Waals surface area contributed by atoms with Crippen LogP contribution in [-0.2, 0) is 23.0 Å². The molecule has 2 aromatic carbocycles. The first-order chi connectivity index (χ1) is 13.3. The van der Waals surface area contributed by atoms with E-state index in [1.807, 2.05) is 32.0 Å². The number of ether oxygens (including phenoxy) is 1. The second-order valence-corrected chi connectivity index (χ2v) is 9.37. The monoisotopic (exact) mass is 402 g/mol. The zero-order chi connectivity index (χ0) is 20.3. The number of amides is 1. The van der Waals surface area contributed by atoms with E-state index >= 15 is 0 Å². The minimum atomic E-state index is -3.22. The molecule has 1 N–H and O–H groups in total. The van der Waals surface area contributed by atoms with E-state index in [1.165, 1.54) is 4.31 Å². The SMILES string of the molecule is CCS(=O)(=O)N1CCc2ccc(NC(=O)c3ccc(OC(C)C)cc3)cc2C1. The lowest BCUT2D eigenvalue weighted by Crippen LogP contribution is -2.36. The summed E-state index contributed by atoms with van der Waals surface area (Å²) in [7, 11) is -3.22. The molecule has 1 heterocycles. The largest absolute Gasteiger partial charge is 0.491 e. The summed E-state index contributed by atoms with van der Waals surface area (Å²) < 4.78 is 31.4. The molecular formula is C21H26N2O4S. The van der Waals surface area contributed by atoms with Crippen molar-refractivity contribution < 1.29 is 17.9 Å². The predicted molar refractivity (Wildman–Crippen MR) is 110 cm³/mol. The Bertz CT molecular complexity index is 953. The first-order valence-electron chi connectivity index (χ1n) is 9.46. The average Bonchev–Trinajstić information content (AvgIpc) is 2.67. The Morgan fingerprint density at radius 3 is 2.50 bits per heavy atom. The predicted octanol–water partition coefficient (Wildman–Crippen LogP) is 3.43. The Morgan fingerprint density at radius 1 is 1.14 bits per heavy atom. The van der Waals surface area contributed by atoms with Crippen molar-refractivity contribution in [3.05, 3.63) is 59.2 Å². The van der Waals surface area contributed by atoms with E-state index in [2.05, 4.69) is 5.32 Å². The third-order valence-corrected chi connectivity index (χ3v) is 6.52. The van der Waals surface area contributed by atoms with Crippen LogP contribution in [0, 0.1) is 0 Å². The maximum Gasteiger partial charge on any atom is 0.255 e. The summed E-state index contributed by atoms with van der Waals surface area (Å²) in [4.78, 5) is 12.5. The second kappa shape index (κ2) is 8.32. The quantitative estimate of drug-likeness (QED) is 0.803. The Balaban J connectivity index is 1.72. The molecule has 28 heavy (non-hydrogen) atoms. The summed E-state index contributed by atoms with van der Waals surface area (Å²) in [5, 5.41) is 2.89. The normalized spacial score (nSPS) is 14.6. The zero-order valence-electron chi connectivity index (χ0n) is 16.4. The van der Waals surface area contributed by atoms with Crippen LogP contribution >= 0.6 is 0 Å². The molecule has 0 aromatic heterocycles. The van der Waals surface area contributed by atoms with Crippen LogP contribution in [0.1, 0.15) is 42.3 Å². The molecule has 150 valence electrons. The van der Waals surface area contributed by atoms with Gasteiger partial charge < -0.3 is 10.1 Å². The Labute approximate surface area is 166 Å². The van der Waals surface area contributed by atoms with E-state index < -0.39 is 10.0 Å². The van der Waals surface area contributed by atoms with Gasteiger partial charge in [-0.15, -0.1) is 0 Å². The van der Waals surface area contributed by atoms with Gasteiger partial charge in [-0.1, -0.05) is 6.07 Å². The summed E-state index contributed by atoms with van der Waals surface area (Å²) in [5.74, 6) is 0.595. The average molecular weight is 403 g/mol. The van der Waals surface area contributed by atoms with Gasteiger partial charge in [0, 0.05) is 24.3 Å². The third-order valence-electron chi connectivity index (χ3n) is 4.69. The van der Waals surface area contributed by atoms with E-state index in [4.69, 9.17) is 4.74 Å². The molecule has 0 spiro atoms. The van der Waals surface area contributed by atoms with Crippen molar-refractivity contribution in [1.82, 2.24) is 4.31 Å². The van der Waals surface area contributed by atoms with E-state index in [0.29, 0.717) is 30.8 Å². The van der Waals surface area contributed by atoms with Gasteiger partial charge in [0.15, 0.2) is 0 Å². The molecule has 0 bridgehead atoms. The maximum atomic E-state index is 12.5. The molecular weight excluding hydrogens is 376 g/mol. The molecule has 0 radical (unpaired) electrons. The van der Waals surface area contributed by atoms with Gasteiger partial charge in [-0.2, -0.15) is 4.31 Å². The fraction of sp³-hybridized carbons (Fsp3) is 0.381. The van der Waals surface area contributed by atoms with Gasteiger partial charge in [-0.05, 0) is 74.7 Å². The number of benzene rings is 2. The zero-order valence-corrected chi connectivity index (χ0v) is 17.3. The smallest absolute Gasteiger partial charge is 0.255 e. The van der Waals surface area contributed by atoms with Crippen LogP contribution in [0.25, 0.3) is 0 Å². The first kappa shape index (κ1) is 20.4. The topological polar surface area (TPSA) is 75.7 Å². The van der Waals surface area contributed by atoms with Crippen LogP contribution < -0.4 is 10.1 Å². The number of sulfonamides is 1. The molecule has 2 aromatic rings. The van der Waals surface area contributed by atoms with Gasteiger partial charge >= 0.3 is 0 Å². The van der Waals surface area contributed by atoms with E-state index in [1.54, 1.807) is 31.2 Å². The highest BCUT2D eigenvalue weighted by Crippen LogP contribution is 2.25. The van der Waals surface area contributed by atoms with Crippen LogP contribution in [0.15, 0.2) is 42.5 Å². The summed E-state index contributed by atoms with van der Waals surface area (Å²) in [6.07, 6.45) is 0.756. The molecule has 0 fully saturated rings. The van der Waals surface area contributed by atoms with Crippen molar-refractivity contribution in [3.63, 3.8) is 0 Å². The minimum absolute atomic E-state index is 0.0752. The van der Waals surface area contributed by atoms with Gasteiger partial charge in [-0.25, -0.2) is 8.42 Å². The highest BCUT2D eigenvalue weighted by Gasteiger charge is 2.25. The first-order valence-corrected chi connectivity index (χ1v) is 11.1. The van der Waals surface area contributed by atoms with Crippen molar-refractivity contribution in [3.8, 4) is 5.75 Å². The number of anilines is 1. The number of carbonyl (C=O) groups excluding carboxylic acids is 1. The minimum Gasteiger partial charge on any atom is -0.491 e. The lowest BCUT2D eigenvalue weighted by atomic mass is 10.0. The number of rotatable bonds is 6. The number of hydrogen-bond donors (Lipinski definition) is 1. The highest BCUT2D eigenvalue weighted by molar-refractivity contribution is 7.89. The lowest BCUT2D eigenvalue weighted by Gasteiger charge is -2.28. The molecule has 1 aliphatic heterocycles. The molecule has 1 aliphatic rings. The van der Waals surface area contributed by atoms with Crippen LogP contribution in [0.3, 0.4) is 0 Å². The van der Waals surface area contributed by atoms with E-state index in [0.717, 1.165) is 16.9 Å². The second-order valence-electron chi connectivity index (χ2n) is 7.11. The van der Waals surface area contributed by atoms with Crippen LogP contribution in [-0.4, -0.2) is 37.0 Å². The molecule has 3 rings (SSSR count).